The van der Waals surface area contributed by atoms with Gasteiger partial charge in [0.05, 0.1) is 15.6 Å². The number of rotatable bonds is 4. The summed E-state index contributed by atoms with van der Waals surface area (Å²) in [4.78, 5) is 25.3. The minimum Gasteiger partial charge on any atom is -0.349 e. The Bertz CT molecular complexity index is 753. The van der Waals surface area contributed by atoms with Gasteiger partial charge in [-0.05, 0) is 61.2 Å². The number of hydrogen-bond donors (Lipinski definition) is 2. The van der Waals surface area contributed by atoms with E-state index in [0.29, 0.717) is 21.2 Å². The molecule has 0 unspecified atom stereocenters. The van der Waals surface area contributed by atoms with E-state index in [1.54, 1.807) is 24.3 Å². The molecule has 0 spiro atoms. The van der Waals surface area contributed by atoms with Crippen LogP contribution in [0.25, 0.3) is 0 Å². The van der Waals surface area contributed by atoms with Crippen molar-refractivity contribution in [2.24, 2.45) is 5.92 Å². The van der Waals surface area contributed by atoms with Crippen molar-refractivity contribution in [1.29, 1.82) is 0 Å². The molecule has 0 aliphatic heterocycles. The van der Waals surface area contributed by atoms with Crippen molar-refractivity contribution in [3.05, 3.63) is 51.2 Å². The molecular formula is C19H21ClN2O2S. The molecule has 2 amide bonds. The monoisotopic (exact) mass is 376 g/mol. The molecule has 3 rings (SSSR count). The van der Waals surface area contributed by atoms with E-state index < -0.39 is 0 Å². The van der Waals surface area contributed by atoms with Gasteiger partial charge in [-0.1, -0.05) is 24.6 Å². The maximum atomic E-state index is 12.5. The summed E-state index contributed by atoms with van der Waals surface area (Å²) in [6.45, 7) is 2.25. The van der Waals surface area contributed by atoms with E-state index in [4.69, 9.17) is 11.6 Å². The Morgan fingerprint density at radius 1 is 1.12 bits per heavy atom. The van der Waals surface area contributed by atoms with Crippen molar-refractivity contribution in [3.8, 4) is 0 Å². The van der Waals surface area contributed by atoms with Crippen molar-refractivity contribution in [2.45, 2.75) is 38.6 Å². The normalized spacial score (nSPS) is 20.1. The van der Waals surface area contributed by atoms with Gasteiger partial charge < -0.3 is 10.6 Å². The second kappa shape index (κ2) is 8.02. The third-order valence-corrected chi connectivity index (χ3v) is 5.77. The average Bonchev–Trinajstić information content (AvgIpc) is 3.13. The zero-order valence-corrected chi connectivity index (χ0v) is 15.6. The number of nitrogens with one attached hydrogen (secondary N) is 2. The van der Waals surface area contributed by atoms with E-state index in [1.807, 2.05) is 11.4 Å². The fraction of sp³-hybridized carbons (Fsp3) is 0.368. The fourth-order valence-corrected chi connectivity index (χ4v) is 3.81. The summed E-state index contributed by atoms with van der Waals surface area (Å²) in [7, 11) is 0. The Labute approximate surface area is 156 Å². The first-order chi connectivity index (χ1) is 12.0. The van der Waals surface area contributed by atoms with E-state index in [-0.39, 0.29) is 17.9 Å². The molecule has 1 saturated carbocycles. The molecule has 1 aliphatic rings. The van der Waals surface area contributed by atoms with Crippen molar-refractivity contribution < 1.29 is 9.59 Å². The van der Waals surface area contributed by atoms with Crippen LogP contribution in [-0.4, -0.2) is 17.9 Å². The molecule has 0 saturated heterocycles. The minimum absolute atomic E-state index is 0.122. The number of hydrogen-bond acceptors (Lipinski definition) is 3. The molecule has 25 heavy (non-hydrogen) atoms. The van der Waals surface area contributed by atoms with Gasteiger partial charge in [-0.15, -0.1) is 11.3 Å². The van der Waals surface area contributed by atoms with Crippen molar-refractivity contribution >= 4 is 40.4 Å². The summed E-state index contributed by atoms with van der Waals surface area (Å²) in [6.07, 6.45) is 4.33. The standard InChI is InChI=1S/C19H21ClN2O2S/c1-12-4-7-14(8-5-12)21-18(23)13-6-9-15(20)16(11-13)22-19(24)17-3-2-10-25-17/h2-3,6,9-12,14H,4-5,7-8H2,1H3,(H,21,23)(H,22,24). The number of carbonyl (C=O) groups excluding carboxylic acids is 2. The number of carbonyl (C=O) groups is 2. The summed E-state index contributed by atoms with van der Waals surface area (Å²) in [6, 6.07) is 8.75. The van der Waals surface area contributed by atoms with Gasteiger partial charge in [0.15, 0.2) is 0 Å². The van der Waals surface area contributed by atoms with Crippen LogP contribution in [0.5, 0.6) is 0 Å². The second-order valence-electron chi connectivity index (χ2n) is 6.56. The van der Waals surface area contributed by atoms with E-state index in [9.17, 15) is 9.59 Å². The predicted molar refractivity (Wildman–Crippen MR) is 103 cm³/mol. The summed E-state index contributed by atoms with van der Waals surface area (Å²) in [5, 5.41) is 8.12. The first-order valence-electron chi connectivity index (χ1n) is 8.48. The molecule has 1 aliphatic carbocycles. The SMILES string of the molecule is CC1CCC(NC(=O)c2ccc(Cl)c(NC(=O)c3cccs3)c2)CC1. The van der Waals surface area contributed by atoms with Crippen LogP contribution in [0, 0.1) is 5.92 Å². The summed E-state index contributed by atoms with van der Waals surface area (Å²) < 4.78 is 0. The smallest absolute Gasteiger partial charge is 0.265 e. The molecule has 1 fully saturated rings. The summed E-state index contributed by atoms with van der Waals surface area (Å²) in [5.74, 6) is 0.390. The summed E-state index contributed by atoms with van der Waals surface area (Å²) >= 11 is 7.53. The molecule has 1 aromatic carbocycles. The Hall–Kier alpha value is -1.85. The zero-order chi connectivity index (χ0) is 17.8. The number of halogens is 1. The number of amides is 2. The van der Waals surface area contributed by atoms with E-state index in [1.165, 1.54) is 11.3 Å². The highest BCUT2D eigenvalue weighted by Crippen LogP contribution is 2.26. The Balaban J connectivity index is 1.68. The predicted octanol–water partition coefficient (Wildman–Crippen LogP) is 4.96. The quantitative estimate of drug-likeness (QED) is 0.792. The molecular weight excluding hydrogens is 356 g/mol. The second-order valence-corrected chi connectivity index (χ2v) is 7.91. The molecule has 0 bridgehead atoms. The lowest BCUT2D eigenvalue weighted by Gasteiger charge is -2.27. The molecule has 4 nitrogen and oxygen atoms in total. The number of benzene rings is 1. The topological polar surface area (TPSA) is 58.2 Å². The molecule has 0 atom stereocenters. The van der Waals surface area contributed by atoms with E-state index >= 15 is 0 Å². The minimum atomic E-state index is -0.226. The van der Waals surface area contributed by atoms with Crippen molar-refractivity contribution in [1.82, 2.24) is 5.32 Å². The van der Waals surface area contributed by atoms with E-state index in [2.05, 4.69) is 17.6 Å². The van der Waals surface area contributed by atoms with Gasteiger partial charge in [0.25, 0.3) is 11.8 Å². The molecule has 6 heteroatoms. The van der Waals surface area contributed by atoms with Crippen molar-refractivity contribution in [2.75, 3.05) is 5.32 Å². The molecule has 1 heterocycles. The lowest BCUT2D eigenvalue weighted by atomic mass is 9.87. The highest BCUT2D eigenvalue weighted by atomic mass is 35.5. The lowest BCUT2D eigenvalue weighted by Crippen LogP contribution is -2.37. The first-order valence-corrected chi connectivity index (χ1v) is 9.74. The lowest BCUT2D eigenvalue weighted by molar-refractivity contribution is 0.0922. The van der Waals surface area contributed by atoms with Gasteiger partial charge in [-0.2, -0.15) is 0 Å². The van der Waals surface area contributed by atoms with Crippen LogP contribution in [-0.2, 0) is 0 Å². The average molecular weight is 377 g/mol. The van der Waals surface area contributed by atoms with Gasteiger partial charge >= 0.3 is 0 Å². The van der Waals surface area contributed by atoms with Gasteiger partial charge in [-0.3, -0.25) is 9.59 Å². The maximum absolute atomic E-state index is 12.5. The van der Waals surface area contributed by atoms with Crippen LogP contribution in [0.15, 0.2) is 35.7 Å². The third-order valence-electron chi connectivity index (χ3n) is 4.57. The number of thiophene rings is 1. The maximum Gasteiger partial charge on any atom is 0.265 e. The van der Waals surface area contributed by atoms with Crippen LogP contribution in [0.3, 0.4) is 0 Å². The summed E-state index contributed by atoms with van der Waals surface area (Å²) in [5.41, 5.74) is 0.953. The first kappa shape index (κ1) is 18.0. The van der Waals surface area contributed by atoms with Crippen molar-refractivity contribution in [3.63, 3.8) is 0 Å². The van der Waals surface area contributed by atoms with Crippen LogP contribution >= 0.6 is 22.9 Å². The van der Waals surface area contributed by atoms with Gasteiger partial charge in [0.2, 0.25) is 0 Å². The Morgan fingerprint density at radius 3 is 2.56 bits per heavy atom. The fourth-order valence-electron chi connectivity index (χ4n) is 3.03. The van der Waals surface area contributed by atoms with Crippen LogP contribution in [0.1, 0.15) is 52.6 Å². The molecule has 0 radical (unpaired) electrons. The molecule has 2 aromatic rings. The van der Waals surface area contributed by atoms with Gasteiger partial charge in [0, 0.05) is 11.6 Å². The van der Waals surface area contributed by atoms with Gasteiger partial charge in [0.1, 0.15) is 0 Å². The van der Waals surface area contributed by atoms with E-state index in [0.717, 1.165) is 31.6 Å². The largest absolute Gasteiger partial charge is 0.349 e. The van der Waals surface area contributed by atoms with Crippen LogP contribution < -0.4 is 10.6 Å². The van der Waals surface area contributed by atoms with Crippen LogP contribution in [0.4, 0.5) is 5.69 Å². The van der Waals surface area contributed by atoms with Gasteiger partial charge in [-0.25, -0.2) is 0 Å². The Kier molecular flexibility index (Phi) is 5.76. The Morgan fingerprint density at radius 2 is 1.88 bits per heavy atom. The highest BCUT2D eigenvalue weighted by molar-refractivity contribution is 7.12. The zero-order valence-electron chi connectivity index (χ0n) is 14.0. The highest BCUT2D eigenvalue weighted by Gasteiger charge is 2.21. The third kappa shape index (κ3) is 4.61. The number of anilines is 1. The molecule has 132 valence electrons. The molecule has 2 N–H and O–H groups in total. The van der Waals surface area contributed by atoms with Crippen LogP contribution in [0.2, 0.25) is 5.02 Å². The molecule has 1 aromatic heterocycles.